The average molecular weight is 418 g/mol. The highest BCUT2D eigenvalue weighted by Crippen LogP contribution is 2.34. The molecule has 8 nitrogen and oxygen atoms in total. The first-order chi connectivity index (χ1) is 13.8. The SMILES string of the molecule is CC1CCN(C(=O)CN2C(=O)SC(=Cc3ccccc3OCC(=O)O)C2=O)CC1. The fourth-order valence-electron chi connectivity index (χ4n) is 3.14. The molecule has 2 saturated heterocycles. The lowest BCUT2D eigenvalue weighted by Gasteiger charge is -2.31. The summed E-state index contributed by atoms with van der Waals surface area (Å²) in [5.41, 5.74) is 0.482. The summed E-state index contributed by atoms with van der Waals surface area (Å²) in [5, 5.41) is 8.29. The molecule has 0 aliphatic carbocycles. The predicted molar refractivity (Wildman–Crippen MR) is 107 cm³/mol. The Balaban J connectivity index is 1.70. The molecule has 1 aromatic carbocycles. The molecule has 3 rings (SSSR count). The monoisotopic (exact) mass is 418 g/mol. The lowest BCUT2D eigenvalue weighted by molar-refractivity contribution is -0.139. The predicted octanol–water partition coefficient (Wildman–Crippen LogP) is 2.44. The summed E-state index contributed by atoms with van der Waals surface area (Å²) in [6.07, 6.45) is 3.32. The van der Waals surface area contributed by atoms with Crippen LogP contribution in [-0.2, 0) is 14.4 Å². The summed E-state index contributed by atoms with van der Waals surface area (Å²) in [4.78, 5) is 51.0. The molecule has 3 amide bonds. The molecule has 0 radical (unpaired) electrons. The first kappa shape index (κ1) is 20.9. The molecule has 9 heteroatoms. The van der Waals surface area contributed by atoms with E-state index in [0.29, 0.717) is 30.3 Å². The van der Waals surface area contributed by atoms with Crippen LogP contribution in [0.25, 0.3) is 6.08 Å². The van der Waals surface area contributed by atoms with Crippen molar-refractivity contribution in [2.75, 3.05) is 26.2 Å². The Morgan fingerprint density at radius 2 is 1.93 bits per heavy atom. The van der Waals surface area contributed by atoms with Crippen LogP contribution >= 0.6 is 11.8 Å². The Morgan fingerprint density at radius 3 is 2.62 bits per heavy atom. The van der Waals surface area contributed by atoms with Gasteiger partial charge in [0, 0.05) is 18.7 Å². The van der Waals surface area contributed by atoms with E-state index in [1.54, 1.807) is 29.2 Å². The van der Waals surface area contributed by atoms with E-state index in [1.165, 1.54) is 6.08 Å². The van der Waals surface area contributed by atoms with Crippen molar-refractivity contribution >= 4 is 40.9 Å². The standard InChI is InChI=1S/C20H22N2O6S/c1-13-6-8-21(9-7-13)17(23)11-22-19(26)16(29-20(22)27)10-14-4-2-3-5-15(14)28-12-18(24)25/h2-5,10,13H,6-9,11-12H2,1H3,(H,24,25). The molecule has 1 aromatic rings. The van der Waals surface area contributed by atoms with Crippen LogP contribution in [0.15, 0.2) is 29.2 Å². The first-order valence-electron chi connectivity index (χ1n) is 9.32. The third-order valence-corrected chi connectivity index (χ3v) is 5.77. The van der Waals surface area contributed by atoms with Gasteiger partial charge in [0.2, 0.25) is 5.91 Å². The molecule has 154 valence electrons. The number of carboxylic acid groups (broad SMARTS) is 1. The van der Waals surface area contributed by atoms with E-state index in [4.69, 9.17) is 9.84 Å². The molecule has 0 saturated carbocycles. The number of nitrogens with zero attached hydrogens (tertiary/aromatic N) is 2. The van der Waals surface area contributed by atoms with Crippen LogP contribution in [-0.4, -0.2) is 64.2 Å². The molecule has 29 heavy (non-hydrogen) atoms. The zero-order valence-electron chi connectivity index (χ0n) is 16.0. The number of thioether (sulfide) groups is 1. The van der Waals surface area contributed by atoms with Gasteiger partial charge in [-0.25, -0.2) is 4.79 Å². The minimum atomic E-state index is -1.12. The number of ether oxygens (including phenoxy) is 1. The number of aliphatic carboxylic acids is 1. The largest absolute Gasteiger partial charge is 0.481 e. The second-order valence-corrected chi connectivity index (χ2v) is 8.04. The van der Waals surface area contributed by atoms with Gasteiger partial charge in [0.1, 0.15) is 12.3 Å². The number of likely N-dealkylation sites (tertiary alicyclic amines) is 1. The van der Waals surface area contributed by atoms with Gasteiger partial charge in [-0.15, -0.1) is 0 Å². The van der Waals surface area contributed by atoms with Crippen LogP contribution in [0, 0.1) is 5.92 Å². The summed E-state index contributed by atoms with van der Waals surface area (Å²) in [6, 6.07) is 6.63. The van der Waals surface area contributed by atoms with E-state index in [2.05, 4.69) is 6.92 Å². The van der Waals surface area contributed by atoms with Crippen LogP contribution in [0.2, 0.25) is 0 Å². The van der Waals surface area contributed by atoms with Crippen LogP contribution in [0.5, 0.6) is 5.75 Å². The average Bonchev–Trinajstić information content (AvgIpc) is 2.95. The number of imide groups is 1. The highest BCUT2D eigenvalue weighted by Gasteiger charge is 2.37. The summed E-state index contributed by atoms with van der Waals surface area (Å²) in [5.74, 6) is -1.02. The quantitative estimate of drug-likeness (QED) is 0.708. The minimum absolute atomic E-state index is 0.168. The van der Waals surface area contributed by atoms with Crippen molar-refractivity contribution in [2.24, 2.45) is 5.92 Å². The smallest absolute Gasteiger partial charge is 0.341 e. The highest BCUT2D eigenvalue weighted by atomic mass is 32.2. The van der Waals surface area contributed by atoms with Crippen molar-refractivity contribution in [1.29, 1.82) is 0 Å². The number of carboxylic acids is 1. The Labute approximate surface area is 172 Å². The second kappa shape index (κ2) is 9.13. The number of benzene rings is 1. The van der Waals surface area contributed by atoms with E-state index in [-0.39, 0.29) is 17.4 Å². The normalized spacial score (nSPS) is 19.1. The van der Waals surface area contributed by atoms with E-state index < -0.39 is 23.7 Å². The molecular weight excluding hydrogens is 396 g/mol. The molecule has 2 fully saturated rings. The minimum Gasteiger partial charge on any atom is -0.481 e. The van der Waals surface area contributed by atoms with Gasteiger partial charge in [-0.3, -0.25) is 19.3 Å². The van der Waals surface area contributed by atoms with Gasteiger partial charge in [-0.1, -0.05) is 25.1 Å². The number of para-hydroxylation sites is 1. The number of hydrogen-bond donors (Lipinski definition) is 1. The van der Waals surface area contributed by atoms with Crippen molar-refractivity contribution in [3.63, 3.8) is 0 Å². The summed E-state index contributed by atoms with van der Waals surface area (Å²) < 4.78 is 5.23. The molecule has 0 unspecified atom stereocenters. The van der Waals surface area contributed by atoms with Crippen molar-refractivity contribution in [3.05, 3.63) is 34.7 Å². The fraction of sp³-hybridized carbons (Fsp3) is 0.400. The molecule has 2 heterocycles. The topological polar surface area (TPSA) is 104 Å². The molecule has 0 aromatic heterocycles. The molecule has 1 N–H and O–H groups in total. The van der Waals surface area contributed by atoms with Gasteiger partial charge in [-0.05, 0) is 42.7 Å². The van der Waals surface area contributed by atoms with Crippen molar-refractivity contribution in [1.82, 2.24) is 9.80 Å². The molecule has 0 spiro atoms. The number of hydrogen-bond acceptors (Lipinski definition) is 6. The van der Waals surface area contributed by atoms with E-state index in [9.17, 15) is 19.2 Å². The number of amides is 3. The summed E-state index contributed by atoms with van der Waals surface area (Å²) in [7, 11) is 0. The maximum absolute atomic E-state index is 12.7. The Hall–Kier alpha value is -2.81. The van der Waals surface area contributed by atoms with Gasteiger partial charge >= 0.3 is 5.97 Å². The number of piperidine rings is 1. The zero-order valence-corrected chi connectivity index (χ0v) is 16.8. The van der Waals surface area contributed by atoms with Crippen LogP contribution < -0.4 is 4.74 Å². The van der Waals surface area contributed by atoms with Gasteiger partial charge in [-0.2, -0.15) is 0 Å². The molecule has 2 aliphatic heterocycles. The van der Waals surface area contributed by atoms with E-state index >= 15 is 0 Å². The van der Waals surface area contributed by atoms with E-state index in [1.807, 2.05) is 0 Å². The van der Waals surface area contributed by atoms with Gasteiger partial charge in [0.05, 0.1) is 4.91 Å². The molecule has 2 aliphatic rings. The van der Waals surface area contributed by atoms with Crippen LogP contribution in [0.3, 0.4) is 0 Å². The maximum Gasteiger partial charge on any atom is 0.341 e. The second-order valence-electron chi connectivity index (χ2n) is 7.05. The van der Waals surface area contributed by atoms with Crippen molar-refractivity contribution in [3.8, 4) is 5.75 Å². The molecular formula is C20H22N2O6S. The van der Waals surface area contributed by atoms with Gasteiger partial charge < -0.3 is 14.7 Å². The van der Waals surface area contributed by atoms with Crippen LogP contribution in [0.1, 0.15) is 25.3 Å². The number of rotatable bonds is 6. The maximum atomic E-state index is 12.7. The Bertz CT molecular complexity index is 860. The Morgan fingerprint density at radius 1 is 1.24 bits per heavy atom. The van der Waals surface area contributed by atoms with Crippen LogP contribution in [0.4, 0.5) is 4.79 Å². The fourth-order valence-corrected chi connectivity index (χ4v) is 3.97. The zero-order chi connectivity index (χ0) is 21.0. The summed E-state index contributed by atoms with van der Waals surface area (Å²) in [6.45, 7) is 2.63. The highest BCUT2D eigenvalue weighted by molar-refractivity contribution is 8.18. The lowest BCUT2D eigenvalue weighted by atomic mass is 9.99. The Kier molecular flexibility index (Phi) is 6.58. The lowest BCUT2D eigenvalue weighted by Crippen LogP contribution is -2.45. The third kappa shape index (κ3) is 5.17. The van der Waals surface area contributed by atoms with Gasteiger partial charge in [0.15, 0.2) is 6.61 Å². The first-order valence-corrected chi connectivity index (χ1v) is 10.1. The molecule has 0 bridgehead atoms. The summed E-state index contributed by atoms with van der Waals surface area (Å²) >= 11 is 0.755. The number of carbonyl (C=O) groups excluding carboxylic acids is 3. The van der Waals surface area contributed by atoms with Gasteiger partial charge in [0.25, 0.3) is 11.1 Å². The van der Waals surface area contributed by atoms with E-state index in [0.717, 1.165) is 29.5 Å². The van der Waals surface area contributed by atoms with Crippen molar-refractivity contribution < 1.29 is 29.0 Å². The van der Waals surface area contributed by atoms with Crippen molar-refractivity contribution in [2.45, 2.75) is 19.8 Å². The third-order valence-electron chi connectivity index (χ3n) is 4.86. The number of carbonyl (C=O) groups is 4. The molecule has 0 atom stereocenters.